The lowest BCUT2D eigenvalue weighted by Crippen LogP contribution is -2.32. The van der Waals surface area contributed by atoms with Gasteiger partial charge in [-0.1, -0.05) is 23.2 Å². The van der Waals surface area contributed by atoms with E-state index in [0.29, 0.717) is 10.8 Å². The molecule has 0 spiro atoms. The van der Waals surface area contributed by atoms with Crippen LogP contribution in [0.5, 0.6) is 0 Å². The Balaban J connectivity index is 1.99. The van der Waals surface area contributed by atoms with Crippen LogP contribution in [0.3, 0.4) is 0 Å². The summed E-state index contributed by atoms with van der Waals surface area (Å²) in [5.41, 5.74) is 0. The smallest absolute Gasteiger partial charge is 0.245 e. The fourth-order valence-electron chi connectivity index (χ4n) is 2.13. The lowest BCUT2D eigenvalue weighted by molar-refractivity contribution is 0.356. The first kappa shape index (κ1) is 14.9. The molecule has 2 aromatic rings. The third-order valence-corrected chi connectivity index (χ3v) is 5.94. The van der Waals surface area contributed by atoms with Gasteiger partial charge in [-0.2, -0.15) is 4.31 Å². The molecule has 1 heterocycles. The number of halogens is 2. The Morgan fingerprint density at radius 3 is 2.62 bits per heavy atom. The number of hydrogen-bond acceptors (Lipinski definition) is 3. The van der Waals surface area contributed by atoms with Gasteiger partial charge < -0.3 is 4.42 Å². The van der Waals surface area contributed by atoms with Gasteiger partial charge in [-0.15, -0.1) is 0 Å². The van der Waals surface area contributed by atoms with Crippen LogP contribution in [0.2, 0.25) is 10.0 Å². The first-order valence-electron chi connectivity index (χ1n) is 6.48. The summed E-state index contributed by atoms with van der Waals surface area (Å²) in [6.45, 7) is 0.197. The molecule has 0 aliphatic heterocycles. The van der Waals surface area contributed by atoms with Gasteiger partial charge in [0.2, 0.25) is 10.0 Å². The molecule has 1 saturated carbocycles. The monoisotopic (exact) mass is 345 g/mol. The molecule has 0 unspecified atom stereocenters. The topological polar surface area (TPSA) is 50.5 Å². The molecule has 21 heavy (non-hydrogen) atoms. The summed E-state index contributed by atoms with van der Waals surface area (Å²) in [5.74, 6) is 0.601. The van der Waals surface area contributed by atoms with Crippen molar-refractivity contribution in [2.24, 2.45) is 0 Å². The number of benzene rings is 1. The average molecular weight is 346 g/mol. The highest BCUT2D eigenvalue weighted by Crippen LogP contribution is 2.36. The van der Waals surface area contributed by atoms with Crippen molar-refractivity contribution in [2.75, 3.05) is 0 Å². The number of hydrogen-bond donors (Lipinski definition) is 0. The maximum atomic E-state index is 12.9. The van der Waals surface area contributed by atoms with Gasteiger partial charge in [-0.25, -0.2) is 8.42 Å². The molecular weight excluding hydrogens is 333 g/mol. The van der Waals surface area contributed by atoms with E-state index in [2.05, 4.69) is 0 Å². The summed E-state index contributed by atoms with van der Waals surface area (Å²) >= 11 is 11.9. The molecule has 3 rings (SSSR count). The molecule has 0 N–H and O–H groups in total. The molecule has 1 fully saturated rings. The van der Waals surface area contributed by atoms with E-state index in [4.69, 9.17) is 27.6 Å². The zero-order valence-electron chi connectivity index (χ0n) is 11.0. The van der Waals surface area contributed by atoms with E-state index in [0.717, 1.165) is 12.8 Å². The van der Waals surface area contributed by atoms with Crippen LogP contribution in [0, 0.1) is 0 Å². The molecule has 0 bridgehead atoms. The van der Waals surface area contributed by atoms with Gasteiger partial charge in [-0.3, -0.25) is 0 Å². The summed E-state index contributed by atoms with van der Waals surface area (Å²) in [6.07, 6.45) is 3.22. The lowest BCUT2D eigenvalue weighted by atomic mass is 10.4. The summed E-state index contributed by atoms with van der Waals surface area (Å²) in [6, 6.07) is 7.93. The lowest BCUT2D eigenvalue weighted by Gasteiger charge is -2.21. The molecule has 1 aromatic carbocycles. The van der Waals surface area contributed by atoms with Crippen molar-refractivity contribution in [2.45, 2.75) is 30.3 Å². The Morgan fingerprint density at radius 1 is 1.24 bits per heavy atom. The van der Waals surface area contributed by atoms with Crippen molar-refractivity contribution in [1.29, 1.82) is 0 Å². The first-order valence-corrected chi connectivity index (χ1v) is 8.67. The van der Waals surface area contributed by atoms with E-state index in [1.807, 2.05) is 0 Å². The van der Waals surface area contributed by atoms with Gasteiger partial charge in [0, 0.05) is 11.1 Å². The highest BCUT2D eigenvalue weighted by atomic mass is 35.5. The molecule has 0 radical (unpaired) electrons. The summed E-state index contributed by atoms with van der Waals surface area (Å²) < 4.78 is 32.4. The summed E-state index contributed by atoms with van der Waals surface area (Å²) in [5, 5.41) is 0.510. The molecule has 0 saturated heterocycles. The quantitative estimate of drug-likeness (QED) is 0.824. The second kappa shape index (κ2) is 5.65. The molecule has 4 nitrogen and oxygen atoms in total. The largest absolute Gasteiger partial charge is 0.468 e. The highest BCUT2D eigenvalue weighted by molar-refractivity contribution is 7.89. The van der Waals surface area contributed by atoms with Gasteiger partial charge in [0.25, 0.3) is 0 Å². The number of rotatable bonds is 5. The first-order chi connectivity index (χ1) is 9.98. The molecule has 1 aliphatic rings. The Hall–Kier alpha value is -1.01. The van der Waals surface area contributed by atoms with Crippen molar-refractivity contribution in [3.05, 3.63) is 52.4 Å². The van der Waals surface area contributed by atoms with Gasteiger partial charge >= 0.3 is 0 Å². The van der Waals surface area contributed by atoms with Gasteiger partial charge in [0.05, 0.1) is 17.8 Å². The third kappa shape index (κ3) is 3.11. The van der Waals surface area contributed by atoms with Gasteiger partial charge in [0.15, 0.2) is 0 Å². The molecule has 1 aliphatic carbocycles. The summed E-state index contributed by atoms with van der Waals surface area (Å²) in [7, 11) is -3.71. The number of nitrogens with zero attached hydrogens (tertiary/aromatic N) is 1. The third-order valence-electron chi connectivity index (χ3n) is 3.33. The normalized spacial score (nSPS) is 15.6. The summed E-state index contributed by atoms with van der Waals surface area (Å²) in [4.78, 5) is 0.0372. The minimum absolute atomic E-state index is 0.00449. The Kier molecular flexibility index (Phi) is 4.01. The fourth-order valence-corrected chi connectivity index (χ4v) is 4.52. The van der Waals surface area contributed by atoms with E-state index in [-0.39, 0.29) is 22.5 Å². The van der Waals surface area contributed by atoms with Crippen LogP contribution in [0.4, 0.5) is 0 Å². The van der Waals surface area contributed by atoms with Gasteiger partial charge in [-0.05, 0) is 43.2 Å². The molecule has 7 heteroatoms. The second-order valence-corrected chi connectivity index (χ2v) is 7.64. The fraction of sp³-hybridized carbons (Fsp3) is 0.286. The Labute approximate surface area is 133 Å². The van der Waals surface area contributed by atoms with E-state index >= 15 is 0 Å². The van der Waals surface area contributed by atoms with Crippen molar-refractivity contribution in [3.63, 3.8) is 0 Å². The minimum atomic E-state index is -3.71. The van der Waals surface area contributed by atoms with E-state index < -0.39 is 10.0 Å². The minimum Gasteiger partial charge on any atom is -0.468 e. The molecular formula is C14H13Cl2NO3S. The molecule has 0 atom stereocenters. The van der Waals surface area contributed by atoms with Crippen LogP contribution in [-0.2, 0) is 16.6 Å². The van der Waals surface area contributed by atoms with Crippen LogP contribution < -0.4 is 0 Å². The SMILES string of the molecule is O=S(=O)(c1cc(Cl)ccc1Cl)N(Cc1ccco1)C1CC1. The zero-order chi connectivity index (χ0) is 15.0. The zero-order valence-corrected chi connectivity index (χ0v) is 13.3. The molecule has 1 aromatic heterocycles. The molecule has 112 valence electrons. The number of sulfonamides is 1. The maximum Gasteiger partial charge on any atom is 0.245 e. The Bertz CT molecular complexity index is 740. The predicted octanol–water partition coefficient (Wildman–Crippen LogP) is 3.94. The number of furan rings is 1. The van der Waals surface area contributed by atoms with Crippen LogP contribution in [0.25, 0.3) is 0 Å². The van der Waals surface area contributed by atoms with Gasteiger partial charge in [0.1, 0.15) is 10.7 Å². The van der Waals surface area contributed by atoms with Crippen molar-refractivity contribution in [1.82, 2.24) is 4.31 Å². The van der Waals surface area contributed by atoms with Crippen molar-refractivity contribution >= 4 is 33.2 Å². The average Bonchev–Trinajstić information content (AvgIpc) is 3.14. The van der Waals surface area contributed by atoms with Crippen LogP contribution in [-0.4, -0.2) is 18.8 Å². The van der Waals surface area contributed by atoms with Crippen molar-refractivity contribution < 1.29 is 12.8 Å². The van der Waals surface area contributed by atoms with Crippen LogP contribution >= 0.6 is 23.2 Å². The highest BCUT2D eigenvalue weighted by Gasteiger charge is 2.39. The van der Waals surface area contributed by atoms with Crippen LogP contribution in [0.15, 0.2) is 45.9 Å². The van der Waals surface area contributed by atoms with Crippen molar-refractivity contribution in [3.8, 4) is 0 Å². The second-order valence-electron chi connectivity index (χ2n) is 4.94. The standard InChI is InChI=1S/C14H13Cl2NO3S/c15-10-3-6-13(16)14(8-10)21(18,19)17(11-4-5-11)9-12-2-1-7-20-12/h1-3,6-8,11H,4-5,9H2. The predicted molar refractivity (Wildman–Crippen MR) is 80.9 cm³/mol. The van der Waals surface area contributed by atoms with E-state index in [9.17, 15) is 8.42 Å². The Morgan fingerprint density at radius 2 is 2.00 bits per heavy atom. The molecule has 0 amide bonds. The van der Waals surface area contributed by atoms with E-state index in [1.54, 1.807) is 18.2 Å². The van der Waals surface area contributed by atoms with Crippen LogP contribution in [0.1, 0.15) is 18.6 Å². The maximum absolute atomic E-state index is 12.9. The van der Waals surface area contributed by atoms with E-state index in [1.165, 1.54) is 22.7 Å².